The van der Waals surface area contributed by atoms with E-state index in [9.17, 15) is 5.11 Å². The fraction of sp³-hybridized carbons (Fsp3) is 0.882. The van der Waals surface area contributed by atoms with Crippen LogP contribution in [0.5, 0.6) is 0 Å². The Morgan fingerprint density at radius 2 is 1.57 bits per heavy atom. The van der Waals surface area contributed by atoms with E-state index >= 15 is 0 Å². The Morgan fingerprint density at radius 3 is 2.05 bits per heavy atom. The second-order valence-corrected chi connectivity index (χ2v) is 8.60. The van der Waals surface area contributed by atoms with Crippen LogP contribution in [0.1, 0.15) is 70.4 Å². The predicted octanol–water partition coefficient (Wildman–Crippen LogP) is 3.07. The highest BCUT2D eigenvalue weighted by molar-refractivity contribution is 5.14. The first-order valence-corrected chi connectivity index (χ1v) is 8.53. The van der Waals surface area contributed by atoms with Gasteiger partial charge in [-0.1, -0.05) is 0 Å². The summed E-state index contributed by atoms with van der Waals surface area (Å²) in [5, 5.41) is 18.5. The van der Waals surface area contributed by atoms with Crippen molar-refractivity contribution >= 4 is 0 Å². The number of aliphatic hydroxyl groups is 1. The molecular formula is C17H27N3O. The molecule has 4 saturated carbocycles. The van der Waals surface area contributed by atoms with Crippen LogP contribution in [0.25, 0.3) is 0 Å². The zero-order valence-corrected chi connectivity index (χ0v) is 13.4. The highest BCUT2D eigenvalue weighted by Gasteiger charge is 2.50. The van der Waals surface area contributed by atoms with E-state index in [1.807, 2.05) is 0 Å². The minimum absolute atomic E-state index is 0.0163. The lowest BCUT2D eigenvalue weighted by Gasteiger charge is -2.54. The molecule has 1 N–H and O–H groups in total. The van der Waals surface area contributed by atoms with E-state index in [4.69, 9.17) is 0 Å². The molecule has 5 rings (SSSR count). The standard InChI is InChI=1S/C17H27N3O/c1-17(2,3)20-14(9-21)18-19-16(20)15-12-5-10-4-11(7-12)8-13(15)6-10/h10-13,15,21H,4-9H2,1-3H3. The van der Waals surface area contributed by atoms with Crippen molar-refractivity contribution < 1.29 is 5.11 Å². The molecule has 1 aromatic heterocycles. The van der Waals surface area contributed by atoms with E-state index in [1.165, 1.54) is 32.1 Å². The number of rotatable bonds is 2. The van der Waals surface area contributed by atoms with Crippen LogP contribution in [-0.2, 0) is 12.1 Å². The first kappa shape index (κ1) is 13.7. The summed E-state index contributed by atoms with van der Waals surface area (Å²) in [7, 11) is 0. The molecule has 0 spiro atoms. The van der Waals surface area contributed by atoms with Gasteiger partial charge in [-0.15, -0.1) is 10.2 Å². The van der Waals surface area contributed by atoms with Crippen molar-refractivity contribution in [2.45, 2.75) is 70.9 Å². The number of aliphatic hydroxyl groups excluding tert-OH is 1. The molecule has 4 fully saturated rings. The lowest BCUT2D eigenvalue weighted by molar-refractivity contribution is -0.00808. The van der Waals surface area contributed by atoms with Gasteiger partial charge in [-0.3, -0.25) is 0 Å². The molecule has 0 amide bonds. The van der Waals surface area contributed by atoms with Gasteiger partial charge in [0.2, 0.25) is 0 Å². The second-order valence-electron chi connectivity index (χ2n) is 8.60. The highest BCUT2D eigenvalue weighted by Crippen LogP contribution is 2.59. The summed E-state index contributed by atoms with van der Waals surface area (Å²) in [4.78, 5) is 0. The van der Waals surface area contributed by atoms with Crippen molar-refractivity contribution in [1.82, 2.24) is 14.8 Å². The second kappa shape index (κ2) is 4.55. The Bertz CT molecular complexity index is 515. The lowest BCUT2D eigenvalue weighted by Crippen LogP contribution is -2.45. The van der Waals surface area contributed by atoms with Crippen LogP contribution in [0.3, 0.4) is 0 Å². The van der Waals surface area contributed by atoms with Gasteiger partial charge in [0.25, 0.3) is 0 Å². The molecule has 0 unspecified atom stereocenters. The van der Waals surface area contributed by atoms with Gasteiger partial charge in [0, 0.05) is 11.5 Å². The highest BCUT2D eigenvalue weighted by atomic mass is 16.3. The molecule has 0 aromatic carbocycles. The number of hydrogen-bond acceptors (Lipinski definition) is 3. The molecule has 4 aliphatic carbocycles. The van der Waals surface area contributed by atoms with E-state index < -0.39 is 0 Å². The summed E-state index contributed by atoms with van der Waals surface area (Å²) < 4.78 is 2.22. The normalized spacial score (nSPS) is 38.2. The van der Waals surface area contributed by atoms with Crippen molar-refractivity contribution in [1.29, 1.82) is 0 Å². The zero-order valence-electron chi connectivity index (χ0n) is 13.4. The maximum atomic E-state index is 9.62. The van der Waals surface area contributed by atoms with Crippen molar-refractivity contribution in [3.63, 3.8) is 0 Å². The molecule has 1 heterocycles. The van der Waals surface area contributed by atoms with E-state index in [-0.39, 0.29) is 12.1 Å². The Balaban J connectivity index is 1.75. The smallest absolute Gasteiger partial charge is 0.159 e. The largest absolute Gasteiger partial charge is 0.388 e. The third kappa shape index (κ3) is 2.06. The quantitative estimate of drug-likeness (QED) is 0.910. The van der Waals surface area contributed by atoms with Crippen LogP contribution in [-0.4, -0.2) is 19.9 Å². The summed E-state index contributed by atoms with van der Waals surface area (Å²) in [6.07, 6.45) is 7.05. The predicted molar refractivity (Wildman–Crippen MR) is 80.7 cm³/mol. The summed E-state index contributed by atoms with van der Waals surface area (Å²) in [5.74, 6) is 6.02. The molecule has 0 saturated heterocycles. The minimum Gasteiger partial charge on any atom is -0.388 e. The van der Waals surface area contributed by atoms with Crippen molar-refractivity contribution in [2.24, 2.45) is 23.7 Å². The van der Waals surface area contributed by atoms with Crippen molar-refractivity contribution in [2.75, 3.05) is 0 Å². The molecule has 1 aromatic rings. The van der Waals surface area contributed by atoms with Crippen LogP contribution in [0.15, 0.2) is 0 Å². The molecule has 0 aliphatic heterocycles. The summed E-state index contributed by atoms with van der Waals surface area (Å²) in [6.45, 7) is 6.55. The van der Waals surface area contributed by atoms with Gasteiger partial charge >= 0.3 is 0 Å². The van der Waals surface area contributed by atoms with Gasteiger partial charge in [0.1, 0.15) is 12.4 Å². The minimum atomic E-state index is -0.0639. The van der Waals surface area contributed by atoms with Crippen molar-refractivity contribution in [3.05, 3.63) is 11.6 Å². The molecule has 4 heteroatoms. The van der Waals surface area contributed by atoms with Gasteiger partial charge in [-0.05, 0) is 76.5 Å². The average Bonchev–Trinajstić information content (AvgIpc) is 2.81. The Morgan fingerprint density at radius 1 is 1.00 bits per heavy atom. The first-order valence-electron chi connectivity index (χ1n) is 8.53. The van der Waals surface area contributed by atoms with Crippen LogP contribution in [0, 0.1) is 23.7 Å². The van der Waals surface area contributed by atoms with Gasteiger partial charge in [-0.2, -0.15) is 0 Å². The van der Waals surface area contributed by atoms with Gasteiger partial charge in [0.15, 0.2) is 5.82 Å². The molecule has 4 bridgehead atoms. The molecular weight excluding hydrogens is 262 g/mol. The van der Waals surface area contributed by atoms with Crippen LogP contribution in [0.4, 0.5) is 0 Å². The van der Waals surface area contributed by atoms with Crippen LogP contribution >= 0.6 is 0 Å². The Kier molecular flexibility index (Phi) is 2.97. The van der Waals surface area contributed by atoms with E-state index in [0.717, 1.165) is 35.3 Å². The van der Waals surface area contributed by atoms with Gasteiger partial charge in [0.05, 0.1) is 0 Å². The molecule has 0 atom stereocenters. The molecule has 4 nitrogen and oxygen atoms in total. The van der Waals surface area contributed by atoms with Gasteiger partial charge in [-0.25, -0.2) is 0 Å². The lowest BCUT2D eigenvalue weighted by atomic mass is 9.51. The zero-order chi connectivity index (χ0) is 14.8. The van der Waals surface area contributed by atoms with Crippen LogP contribution < -0.4 is 0 Å². The number of nitrogens with zero attached hydrogens (tertiary/aromatic N) is 3. The Hall–Kier alpha value is -0.900. The van der Waals surface area contributed by atoms with E-state index in [0.29, 0.717) is 5.92 Å². The molecule has 21 heavy (non-hydrogen) atoms. The topological polar surface area (TPSA) is 50.9 Å². The summed E-state index contributed by atoms with van der Waals surface area (Å²) >= 11 is 0. The molecule has 0 radical (unpaired) electrons. The average molecular weight is 289 g/mol. The van der Waals surface area contributed by atoms with Crippen molar-refractivity contribution in [3.8, 4) is 0 Å². The Labute approximate surface area is 127 Å². The van der Waals surface area contributed by atoms with E-state index in [1.54, 1.807) is 0 Å². The summed E-state index contributed by atoms with van der Waals surface area (Å²) in [6, 6.07) is 0. The van der Waals surface area contributed by atoms with Crippen LogP contribution in [0.2, 0.25) is 0 Å². The maximum Gasteiger partial charge on any atom is 0.159 e. The maximum absolute atomic E-state index is 9.62. The molecule has 4 aliphatic rings. The fourth-order valence-corrected chi connectivity index (χ4v) is 5.73. The summed E-state index contributed by atoms with van der Waals surface area (Å²) in [5.41, 5.74) is -0.0639. The first-order chi connectivity index (χ1) is 9.97. The SMILES string of the molecule is CC(C)(C)n1c(CO)nnc1C1C2CC3CC(C2)CC1C3. The number of hydrogen-bond donors (Lipinski definition) is 1. The fourth-order valence-electron chi connectivity index (χ4n) is 5.73. The van der Waals surface area contributed by atoms with Gasteiger partial charge < -0.3 is 9.67 Å². The molecule has 116 valence electrons. The third-order valence-electron chi connectivity index (χ3n) is 6.09. The number of aromatic nitrogens is 3. The van der Waals surface area contributed by atoms with E-state index in [2.05, 4.69) is 35.5 Å². The monoisotopic (exact) mass is 289 g/mol. The third-order valence-corrected chi connectivity index (χ3v) is 6.09.